The molecule has 96 heavy (non-hydrogen) atoms. The Morgan fingerprint density at radius 1 is 0.292 bits per heavy atom. The molecule has 0 aliphatic carbocycles. The molecule has 0 heterocycles. The van der Waals surface area contributed by atoms with Gasteiger partial charge < -0.3 is 33.8 Å². The lowest BCUT2D eigenvalue weighted by atomic mass is 10.0. The highest BCUT2D eigenvalue weighted by atomic mass is 31.2. The van der Waals surface area contributed by atoms with Gasteiger partial charge in [-0.05, 0) is 77.0 Å². The molecule has 3 N–H and O–H groups in total. The first kappa shape index (κ1) is 93.0. The first-order chi connectivity index (χ1) is 46.7. The predicted octanol–water partition coefficient (Wildman–Crippen LogP) is 22.1. The average molecular weight is 1400 g/mol. The van der Waals surface area contributed by atoms with E-state index in [0.29, 0.717) is 25.7 Å². The number of aliphatic hydroxyl groups is 1. The molecule has 0 aliphatic heterocycles. The lowest BCUT2D eigenvalue weighted by molar-refractivity contribution is -0.161. The number of aliphatic hydroxyl groups excluding tert-OH is 1. The lowest BCUT2D eigenvalue weighted by Gasteiger charge is -2.21. The van der Waals surface area contributed by atoms with Gasteiger partial charge in [-0.15, -0.1) is 0 Å². The van der Waals surface area contributed by atoms with Gasteiger partial charge in [-0.2, -0.15) is 0 Å². The number of unbranched alkanes of at least 4 members (excludes halogenated alkanes) is 42. The molecule has 0 aliphatic rings. The van der Waals surface area contributed by atoms with Crippen LogP contribution < -0.4 is 0 Å². The van der Waals surface area contributed by atoms with Crippen molar-refractivity contribution in [3.8, 4) is 0 Å². The number of esters is 4. The van der Waals surface area contributed by atoms with Crippen molar-refractivity contribution in [1.82, 2.24) is 0 Å². The summed E-state index contributed by atoms with van der Waals surface area (Å²) in [6.07, 6.45) is 66.6. The molecule has 17 nitrogen and oxygen atoms in total. The Morgan fingerprint density at radius 3 is 0.760 bits per heavy atom. The van der Waals surface area contributed by atoms with E-state index < -0.39 is 97.5 Å². The van der Waals surface area contributed by atoms with Crippen molar-refractivity contribution in [2.24, 2.45) is 0 Å². The van der Waals surface area contributed by atoms with E-state index in [9.17, 15) is 43.2 Å². The second-order valence-corrected chi connectivity index (χ2v) is 29.3. The van der Waals surface area contributed by atoms with E-state index in [1.165, 1.54) is 161 Å². The summed E-state index contributed by atoms with van der Waals surface area (Å²) in [6, 6.07) is 0. The second-order valence-electron chi connectivity index (χ2n) is 26.4. The smallest absolute Gasteiger partial charge is 0.462 e. The number of rotatable bonds is 74. The zero-order valence-electron chi connectivity index (χ0n) is 61.3. The molecule has 0 aromatic carbocycles. The highest BCUT2D eigenvalue weighted by Gasteiger charge is 2.30. The minimum Gasteiger partial charge on any atom is -0.462 e. The normalized spacial score (nSPS) is 14.2. The fourth-order valence-corrected chi connectivity index (χ4v) is 12.4. The van der Waals surface area contributed by atoms with Crippen LogP contribution in [0.3, 0.4) is 0 Å². The van der Waals surface area contributed by atoms with Gasteiger partial charge in [-0.1, -0.05) is 307 Å². The van der Waals surface area contributed by atoms with Crippen molar-refractivity contribution in [2.45, 2.75) is 380 Å². The van der Waals surface area contributed by atoms with Gasteiger partial charge in [0.2, 0.25) is 0 Å². The molecule has 0 rings (SSSR count). The topological polar surface area (TPSA) is 237 Å². The number of hydrogen-bond acceptors (Lipinski definition) is 15. The number of carbonyl (C=O) groups is 4. The van der Waals surface area contributed by atoms with Crippen LogP contribution in [0.1, 0.15) is 362 Å². The van der Waals surface area contributed by atoms with Crippen molar-refractivity contribution in [2.75, 3.05) is 39.6 Å². The minimum absolute atomic E-state index is 0.0835. The Labute approximate surface area is 585 Å². The molecular weight excluding hydrogens is 1260 g/mol. The Kier molecular flexibility index (Phi) is 68.3. The van der Waals surface area contributed by atoms with Crippen molar-refractivity contribution >= 4 is 39.5 Å². The van der Waals surface area contributed by atoms with Gasteiger partial charge in [-0.3, -0.25) is 37.3 Å². The van der Waals surface area contributed by atoms with Gasteiger partial charge in [0.1, 0.15) is 19.3 Å². The van der Waals surface area contributed by atoms with Crippen molar-refractivity contribution in [3.05, 3.63) is 48.6 Å². The number of phosphoric ester groups is 2. The predicted molar refractivity (Wildman–Crippen MR) is 390 cm³/mol. The van der Waals surface area contributed by atoms with Crippen LogP contribution >= 0.6 is 15.6 Å². The van der Waals surface area contributed by atoms with E-state index in [0.717, 1.165) is 122 Å². The van der Waals surface area contributed by atoms with Crippen molar-refractivity contribution < 1.29 is 80.2 Å². The van der Waals surface area contributed by atoms with E-state index >= 15 is 0 Å². The first-order valence-corrected chi connectivity index (χ1v) is 41.9. The van der Waals surface area contributed by atoms with E-state index in [1.807, 2.05) is 0 Å². The second kappa shape index (κ2) is 70.5. The molecule has 0 saturated heterocycles. The van der Waals surface area contributed by atoms with Gasteiger partial charge in [0.25, 0.3) is 0 Å². The van der Waals surface area contributed by atoms with Gasteiger partial charge in [-0.25, -0.2) is 9.13 Å². The number of phosphoric acid groups is 2. The molecule has 0 fully saturated rings. The van der Waals surface area contributed by atoms with Gasteiger partial charge in [0.15, 0.2) is 12.2 Å². The molecule has 0 radical (unpaired) electrons. The maximum atomic E-state index is 13.1. The highest BCUT2D eigenvalue weighted by molar-refractivity contribution is 7.47. The number of ether oxygens (including phenoxy) is 4. The molecular formula is C77H142O17P2. The van der Waals surface area contributed by atoms with Crippen LogP contribution in [0.15, 0.2) is 48.6 Å². The molecule has 5 atom stereocenters. The molecule has 19 heteroatoms. The molecule has 0 bridgehead atoms. The fourth-order valence-electron chi connectivity index (χ4n) is 10.9. The van der Waals surface area contributed by atoms with Gasteiger partial charge in [0, 0.05) is 25.7 Å². The summed E-state index contributed by atoms with van der Waals surface area (Å²) in [4.78, 5) is 72.8. The molecule has 2 unspecified atom stereocenters. The summed E-state index contributed by atoms with van der Waals surface area (Å²) in [7, 11) is -9.94. The average Bonchev–Trinajstić information content (AvgIpc) is 1.17. The molecule has 562 valence electrons. The maximum Gasteiger partial charge on any atom is 0.472 e. The van der Waals surface area contributed by atoms with Gasteiger partial charge >= 0.3 is 39.5 Å². The van der Waals surface area contributed by atoms with Crippen LogP contribution in [0.4, 0.5) is 0 Å². The monoisotopic (exact) mass is 1400 g/mol. The Hall–Kier alpha value is -2.98. The molecule has 0 amide bonds. The summed E-state index contributed by atoms with van der Waals surface area (Å²) in [5.74, 6) is -2.17. The minimum atomic E-state index is -4.97. The van der Waals surface area contributed by atoms with Crippen LogP contribution in [0, 0.1) is 0 Å². The Balaban J connectivity index is 5.33. The van der Waals surface area contributed by atoms with E-state index in [-0.39, 0.29) is 25.7 Å². The van der Waals surface area contributed by atoms with Crippen LogP contribution in [-0.2, 0) is 65.4 Å². The SMILES string of the molecule is CCCCCC/C=C\C=C/CCCCCCCC(=O)OC[C@H](COP(=O)(O)OC[C@H](O)COP(=O)(O)OC[C@@H](COC(=O)CCCCCCCCCCCCCCC)OC(=O)CCCCCCC/C=C\C=C/CCCCCC)OC(=O)CCCCCCCCCCCCCCC. The van der Waals surface area contributed by atoms with Crippen molar-refractivity contribution in [1.29, 1.82) is 0 Å². The number of carbonyl (C=O) groups excluding carboxylic acids is 4. The Bertz CT molecular complexity index is 2010. The Morgan fingerprint density at radius 2 is 0.500 bits per heavy atom. The van der Waals surface area contributed by atoms with Crippen LogP contribution in [0.2, 0.25) is 0 Å². The molecule has 0 saturated carbocycles. The van der Waals surface area contributed by atoms with E-state index in [2.05, 4.69) is 76.3 Å². The third kappa shape index (κ3) is 69.5. The van der Waals surface area contributed by atoms with Crippen LogP contribution in [0.5, 0.6) is 0 Å². The summed E-state index contributed by atoms with van der Waals surface area (Å²) in [6.45, 7) is 4.87. The van der Waals surface area contributed by atoms with Gasteiger partial charge in [0.05, 0.1) is 26.4 Å². The zero-order chi connectivity index (χ0) is 70.4. The van der Waals surface area contributed by atoms with Crippen LogP contribution in [-0.4, -0.2) is 96.7 Å². The fraction of sp³-hybridized carbons (Fsp3) is 0.844. The van der Waals surface area contributed by atoms with Crippen molar-refractivity contribution in [3.63, 3.8) is 0 Å². The highest BCUT2D eigenvalue weighted by Crippen LogP contribution is 2.45. The molecule has 0 spiro atoms. The lowest BCUT2D eigenvalue weighted by Crippen LogP contribution is -2.30. The third-order valence-electron chi connectivity index (χ3n) is 16.9. The number of allylic oxidation sites excluding steroid dienone is 8. The largest absolute Gasteiger partial charge is 0.472 e. The summed E-state index contributed by atoms with van der Waals surface area (Å²) in [5, 5.41) is 10.6. The first-order valence-electron chi connectivity index (χ1n) is 38.9. The zero-order valence-corrected chi connectivity index (χ0v) is 63.1. The van der Waals surface area contributed by atoms with E-state index in [4.69, 9.17) is 37.0 Å². The third-order valence-corrected chi connectivity index (χ3v) is 18.8. The molecule has 0 aromatic rings. The molecule has 0 aromatic heterocycles. The van der Waals surface area contributed by atoms with Crippen LogP contribution in [0.25, 0.3) is 0 Å². The van der Waals surface area contributed by atoms with E-state index in [1.54, 1.807) is 0 Å². The summed E-state index contributed by atoms with van der Waals surface area (Å²) < 4.78 is 68.5. The maximum absolute atomic E-state index is 13.1. The quantitative estimate of drug-likeness (QED) is 0.0169. The standard InChI is InChI=1S/C77H142O17P2/c1-5-9-13-17-21-25-29-33-35-39-42-46-50-54-58-62-75(80)88-68-72(93-76(81)63-59-55-51-47-43-38-32-28-24-20-16-12-8-4)69-91-95(83,84)89-65-71(78)66-90-96(85,86)92-70-73(67-87-74(79)61-57-53-49-45-41-37-31-27-23-19-15-11-7-3)94-77(82)64-60-56-52-48-44-40-36-34-30-26-22-18-14-10-6-2/h25-26,29-30,33-36,71-73,78H,5-24,27-28,31-32,37-70H2,1-4H3,(H,83,84)(H,85,86)/b29-25-,30-26-,35-33-,36-34-/t71-,72+,73+/m0/s1. The summed E-state index contributed by atoms with van der Waals surface area (Å²) in [5.41, 5.74) is 0. The summed E-state index contributed by atoms with van der Waals surface area (Å²) >= 11 is 0. The number of hydrogen-bond donors (Lipinski definition) is 3.